The zero-order chi connectivity index (χ0) is 17.5. The van der Waals surface area contributed by atoms with E-state index < -0.39 is 0 Å². The first-order chi connectivity index (χ1) is 11.5. The van der Waals surface area contributed by atoms with Gasteiger partial charge in [0.15, 0.2) is 0 Å². The van der Waals surface area contributed by atoms with Gasteiger partial charge in [-0.25, -0.2) is 9.97 Å². The molecule has 1 aromatic carbocycles. The lowest BCUT2D eigenvalue weighted by Gasteiger charge is -2.21. The average Bonchev–Trinajstić information content (AvgIpc) is 2.58. The van der Waals surface area contributed by atoms with Crippen molar-refractivity contribution in [1.82, 2.24) is 14.9 Å². The lowest BCUT2D eigenvalue weighted by Crippen LogP contribution is -2.32. The van der Waals surface area contributed by atoms with Crippen molar-refractivity contribution in [1.29, 1.82) is 0 Å². The summed E-state index contributed by atoms with van der Waals surface area (Å²) in [5, 5.41) is 4.07. The number of aromatic nitrogens is 2. The first-order valence-electron chi connectivity index (χ1n) is 7.88. The van der Waals surface area contributed by atoms with E-state index in [4.69, 9.17) is 23.2 Å². The second-order valence-electron chi connectivity index (χ2n) is 5.34. The number of hydrogen-bond donors (Lipinski definition) is 1. The molecule has 0 aliphatic heterocycles. The summed E-state index contributed by atoms with van der Waals surface area (Å²) in [4.78, 5) is 22.7. The summed E-state index contributed by atoms with van der Waals surface area (Å²) in [7, 11) is 0. The van der Waals surface area contributed by atoms with Gasteiger partial charge in [0.25, 0.3) is 5.91 Å². The average molecular weight is 367 g/mol. The molecule has 0 aliphatic carbocycles. The summed E-state index contributed by atoms with van der Waals surface area (Å²) < 4.78 is 0. The lowest BCUT2D eigenvalue weighted by atomic mass is 10.2. The molecule has 0 saturated carbocycles. The van der Waals surface area contributed by atoms with Crippen molar-refractivity contribution in [3.05, 3.63) is 46.2 Å². The van der Waals surface area contributed by atoms with E-state index in [1.165, 1.54) is 12.4 Å². The van der Waals surface area contributed by atoms with Crippen LogP contribution in [0.4, 0.5) is 11.6 Å². The summed E-state index contributed by atoms with van der Waals surface area (Å²) in [6.07, 6.45) is 4.88. The Labute approximate surface area is 152 Å². The molecule has 1 N–H and O–H groups in total. The molecule has 2 aromatic rings. The van der Waals surface area contributed by atoms with Crippen LogP contribution in [-0.2, 0) is 0 Å². The number of carbonyl (C=O) groups is 1. The maximum absolute atomic E-state index is 12.5. The van der Waals surface area contributed by atoms with Crippen LogP contribution >= 0.6 is 23.2 Å². The number of rotatable bonds is 7. The smallest absolute Gasteiger partial charge is 0.256 e. The molecule has 24 heavy (non-hydrogen) atoms. The van der Waals surface area contributed by atoms with Crippen molar-refractivity contribution in [3.63, 3.8) is 0 Å². The Morgan fingerprint density at radius 1 is 1.12 bits per heavy atom. The molecule has 0 saturated heterocycles. The number of nitrogens with zero attached hydrogens (tertiary/aromatic N) is 3. The lowest BCUT2D eigenvalue weighted by molar-refractivity contribution is 0.0755. The Morgan fingerprint density at radius 3 is 2.33 bits per heavy atom. The molecule has 0 aliphatic rings. The van der Waals surface area contributed by atoms with Gasteiger partial charge in [-0.1, -0.05) is 37.0 Å². The van der Waals surface area contributed by atoms with E-state index in [9.17, 15) is 4.79 Å². The maximum atomic E-state index is 12.5. The molecule has 5 nitrogen and oxygen atoms in total. The maximum Gasteiger partial charge on any atom is 0.256 e. The van der Waals surface area contributed by atoms with Crippen molar-refractivity contribution < 1.29 is 4.79 Å². The van der Waals surface area contributed by atoms with Gasteiger partial charge in [0.05, 0.1) is 16.3 Å². The van der Waals surface area contributed by atoms with E-state index in [0.29, 0.717) is 27.2 Å². The van der Waals surface area contributed by atoms with Crippen LogP contribution in [0.3, 0.4) is 0 Å². The Kier molecular flexibility index (Phi) is 6.82. The number of hydrogen-bond acceptors (Lipinski definition) is 4. The molecule has 0 bridgehead atoms. The molecular weight excluding hydrogens is 347 g/mol. The normalized spacial score (nSPS) is 10.5. The molecule has 128 valence electrons. The molecule has 2 rings (SSSR count). The van der Waals surface area contributed by atoms with Gasteiger partial charge in [0.1, 0.15) is 0 Å². The van der Waals surface area contributed by atoms with Gasteiger partial charge in [-0.3, -0.25) is 4.79 Å². The quantitative estimate of drug-likeness (QED) is 0.765. The second-order valence-corrected chi connectivity index (χ2v) is 6.18. The van der Waals surface area contributed by atoms with Crippen LogP contribution in [-0.4, -0.2) is 33.9 Å². The van der Waals surface area contributed by atoms with Gasteiger partial charge < -0.3 is 10.2 Å². The van der Waals surface area contributed by atoms with Gasteiger partial charge in [-0.2, -0.15) is 0 Å². The van der Waals surface area contributed by atoms with Crippen molar-refractivity contribution in [2.75, 3.05) is 18.4 Å². The molecule has 7 heteroatoms. The van der Waals surface area contributed by atoms with E-state index in [1.54, 1.807) is 18.2 Å². The number of amides is 1. The van der Waals surface area contributed by atoms with Gasteiger partial charge in [0, 0.05) is 30.5 Å². The van der Waals surface area contributed by atoms with Crippen molar-refractivity contribution in [2.45, 2.75) is 26.7 Å². The van der Waals surface area contributed by atoms with Crippen molar-refractivity contribution in [2.24, 2.45) is 0 Å². The Balaban J connectivity index is 2.12. The number of anilines is 2. The van der Waals surface area contributed by atoms with Crippen LogP contribution in [0.1, 0.15) is 37.0 Å². The SMILES string of the molecule is CCCN(CCC)C(=O)c1cnc(Nc2cc(Cl)ccc2Cl)nc1. The minimum Gasteiger partial charge on any atom is -0.339 e. The minimum absolute atomic E-state index is 0.0500. The van der Waals surface area contributed by atoms with Gasteiger partial charge >= 0.3 is 0 Å². The number of carbonyl (C=O) groups excluding carboxylic acids is 1. The van der Waals surface area contributed by atoms with Crippen LogP contribution in [0.25, 0.3) is 0 Å². The van der Waals surface area contributed by atoms with E-state index in [1.807, 2.05) is 18.7 Å². The highest BCUT2D eigenvalue weighted by Gasteiger charge is 2.15. The molecule has 0 unspecified atom stereocenters. The monoisotopic (exact) mass is 366 g/mol. The van der Waals surface area contributed by atoms with Crippen LogP contribution in [0.15, 0.2) is 30.6 Å². The van der Waals surface area contributed by atoms with Crippen LogP contribution < -0.4 is 5.32 Å². The van der Waals surface area contributed by atoms with Crippen LogP contribution in [0, 0.1) is 0 Å². The fourth-order valence-corrected chi connectivity index (χ4v) is 2.59. The Bertz CT molecular complexity index is 685. The predicted molar refractivity (Wildman–Crippen MR) is 98.3 cm³/mol. The third kappa shape index (κ3) is 4.82. The molecule has 0 atom stereocenters. The second kappa shape index (κ2) is 8.85. The van der Waals surface area contributed by atoms with Crippen LogP contribution in [0.5, 0.6) is 0 Å². The third-order valence-corrected chi connectivity index (χ3v) is 3.91. The van der Waals surface area contributed by atoms with Gasteiger partial charge in [-0.15, -0.1) is 0 Å². The largest absolute Gasteiger partial charge is 0.339 e. The molecule has 0 radical (unpaired) electrons. The van der Waals surface area contributed by atoms with E-state index in [-0.39, 0.29) is 5.91 Å². The molecular formula is C17H20Cl2N4O. The number of halogens is 2. The zero-order valence-corrected chi connectivity index (χ0v) is 15.2. The number of benzene rings is 1. The highest BCUT2D eigenvalue weighted by molar-refractivity contribution is 6.35. The summed E-state index contributed by atoms with van der Waals surface area (Å²) in [6, 6.07) is 5.09. The standard InChI is InChI=1S/C17H20Cl2N4O/c1-3-7-23(8-4-2)16(24)12-10-20-17(21-11-12)22-15-9-13(18)5-6-14(15)19/h5-6,9-11H,3-4,7-8H2,1-2H3,(H,20,21,22). The molecule has 0 spiro atoms. The first kappa shape index (κ1) is 18.5. The van der Waals surface area contributed by atoms with E-state index in [0.717, 1.165) is 25.9 Å². The van der Waals surface area contributed by atoms with Crippen molar-refractivity contribution >= 4 is 40.7 Å². The predicted octanol–water partition coefficient (Wildman–Crippen LogP) is 4.79. The molecule has 0 fully saturated rings. The summed E-state index contributed by atoms with van der Waals surface area (Å²) in [5.41, 5.74) is 1.08. The van der Waals surface area contributed by atoms with Crippen LogP contribution in [0.2, 0.25) is 10.0 Å². The third-order valence-electron chi connectivity index (χ3n) is 3.35. The summed E-state index contributed by atoms with van der Waals surface area (Å²) in [5.74, 6) is 0.305. The van der Waals surface area contributed by atoms with Gasteiger partial charge in [-0.05, 0) is 31.0 Å². The minimum atomic E-state index is -0.0500. The topological polar surface area (TPSA) is 58.1 Å². The summed E-state index contributed by atoms with van der Waals surface area (Å²) >= 11 is 12.1. The molecule has 1 aromatic heterocycles. The first-order valence-corrected chi connectivity index (χ1v) is 8.64. The van der Waals surface area contributed by atoms with E-state index >= 15 is 0 Å². The highest BCUT2D eigenvalue weighted by atomic mass is 35.5. The van der Waals surface area contributed by atoms with E-state index in [2.05, 4.69) is 15.3 Å². The molecule has 1 heterocycles. The fraction of sp³-hybridized carbons (Fsp3) is 0.353. The fourth-order valence-electron chi connectivity index (χ4n) is 2.25. The van der Waals surface area contributed by atoms with Crippen molar-refractivity contribution in [3.8, 4) is 0 Å². The Morgan fingerprint density at radius 2 is 1.75 bits per heavy atom. The Hall–Kier alpha value is -1.85. The number of nitrogens with one attached hydrogen (secondary N) is 1. The summed E-state index contributed by atoms with van der Waals surface area (Å²) in [6.45, 7) is 5.55. The zero-order valence-electron chi connectivity index (χ0n) is 13.7. The van der Waals surface area contributed by atoms with Gasteiger partial charge in [0.2, 0.25) is 5.95 Å². The highest BCUT2D eigenvalue weighted by Crippen LogP contribution is 2.27. The molecule has 1 amide bonds.